The van der Waals surface area contributed by atoms with E-state index in [1.807, 2.05) is 11.4 Å². The molecule has 0 bridgehead atoms. The van der Waals surface area contributed by atoms with Crippen molar-refractivity contribution in [3.63, 3.8) is 0 Å². The molecule has 3 rings (SSSR count). The highest BCUT2D eigenvalue weighted by molar-refractivity contribution is 7.10. The predicted molar refractivity (Wildman–Crippen MR) is 80.1 cm³/mol. The Morgan fingerprint density at radius 3 is 2.81 bits per heavy atom. The van der Waals surface area contributed by atoms with Gasteiger partial charge in [0.05, 0.1) is 11.6 Å². The molecule has 0 saturated carbocycles. The summed E-state index contributed by atoms with van der Waals surface area (Å²) in [4.78, 5) is 1.27. The average molecular weight is 332 g/mol. The molecule has 1 N–H and O–H groups in total. The van der Waals surface area contributed by atoms with E-state index in [-0.39, 0.29) is 16.8 Å². The minimum absolute atomic E-state index is 0.0673. The average Bonchev–Trinajstić information content (AvgIpc) is 2.89. The van der Waals surface area contributed by atoms with Gasteiger partial charge in [-0.1, -0.05) is 11.6 Å². The van der Waals surface area contributed by atoms with Crippen LogP contribution in [0.1, 0.15) is 34.9 Å². The van der Waals surface area contributed by atoms with Crippen LogP contribution >= 0.6 is 22.9 Å². The second kappa shape index (κ2) is 5.54. The van der Waals surface area contributed by atoms with E-state index >= 15 is 0 Å². The predicted octanol–water partition coefficient (Wildman–Crippen LogP) is 5.91. The van der Waals surface area contributed by atoms with Gasteiger partial charge in [-0.05, 0) is 54.5 Å². The number of anilines is 1. The first kappa shape index (κ1) is 14.7. The molecule has 112 valence electrons. The third kappa shape index (κ3) is 3.04. The summed E-state index contributed by atoms with van der Waals surface area (Å²) in [5.74, 6) is 0. The second-order valence-corrected chi connectivity index (χ2v) is 6.51. The van der Waals surface area contributed by atoms with E-state index in [1.165, 1.54) is 17.0 Å². The molecule has 1 aliphatic rings. The highest BCUT2D eigenvalue weighted by Crippen LogP contribution is 2.40. The third-order valence-corrected chi connectivity index (χ3v) is 4.90. The largest absolute Gasteiger partial charge is 0.418 e. The molecule has 1 aromatic carbocycles. The maximum atomic E-state index is 13.1. The fourth-order valence-corrected chi connectivity index (χ4v) is 3.86. The molecule has 0 spiro atoms. The van der Waals surface area contributed by atoms with Gasteiger partial charge in [0.2, 0.25) is 0 Å². The fraction of sp³-hybridized carbons (Fsp3) is 0.333. The summed E-state index contributed by atoms with van der Waals surface area (Å²) >= 11 is 7.37. The lowest BCUT2D eigenvalue weighted by molar-refractivity contribution is -0.137. The molecule has 0 saturated heterocycles. The summed E-state index contributed by atoms with van der Waals surface area (Å²) < 4.78 is 39.4. The summed E-state index contributed by atoms with van der Waals surface area (Å²) in [7, 11) is 0. The van der Waals surface area contributed by atoms with Crippen molar-refractivity contribution in [3.8, 4) is 0 Å². The zero-order chi connectivity index (χ0) is 15.0. The first-order chi connectivity index (χ1) is 9.95. The van der Waals surface area contributed by atoms with Gasteiger partial charge < -0.3 is 5.32 Å². The Kier molecular flexibility index (Phi) is 3.88. The maximum Gasteiger partial charge on any atom is 0.418 e. The van der Waals surface area contributed by atoms with Gasteiger partial charge in [0.25, 0.3) is 0 Å². The monoisotopic (exact) mass is 331 g/mol. The van der Waals surface area contributed by atoms with E-state index in [0.29, 0.717) is 0 Å². The molecular weight excluding hydrogens is 319 g/mol. The lowest BCUT2D eigenvalue weighted by Gasteiger charge is -2.26. The van der Waals surface area contributed by atoms with Crippen molar-refractivity contribution in [1.29, 1.82) is 0 Å². The molecule has 2 aromatic rings. The lowest BCUT2D eigenvalue weighted by atomic mass is 9.93. The smallest absolute Gasteiger partial charge is 0.378 e. The quantitative estimate of drug-likeness (QED) is 0.721. The Morgan fingerprint density at radius 2 is 2.05 bits per heavy atom. The summed E-state index contributed by atoms with van der Waals surface area (Å²) in [6, 6.07) is 5.80. The molecule has 0 aliphatic heterocycles. The number of halogens is 4. The fourth-order valence-electron chi connectivity index (χ4n) is 2.70. The Hall–Kier alpha value is -1.20. The van der Waals surface area contributed by atoms with Crippen molar-refractivity contribution in [2.45, 2.75) is 31.5 Å². The zero-order valence-electron chi connectivity index (χ0n) is 11.0. The SMILES string of the molecule is FC(F)(F)c1cc(Cl)ccc1NC1CCCc2sccc21. The van der Waals surface area contributed by atoms with Gasteiger partial charge in [-0.2, -0.15) is 13.2 Å². The van der Waals surface area contributed by atoms with Crippen LogP contribution in [0.4, 0.5) is 18.9 Å². The van der Waals surface area contributed by atoms with Crippen molar-refractivity contribution in [2.75, 3.05) is 5.32 Å². The number of nitrogens with one attached hydrogen (secondary N) is 1. The number of benzene rings is 1. The van der Waals surface area contributed by atoms with Crippen molar-refractivity contribution in [3.05, 3.63) is 50.7 Å². The standard InChI is InChI=1S/C15H13ClF3NS/c16-9-4-5-13(11(8-9)15(17,18)19)20-12-2-1-3-14-10(12)6-7-21-14/h4-8,12,20H,1-3H2. The van der Waals surface area contributed by atoms with Gasteiger partial charge in [-0.15, -0.1) is 11.3 Å². The maximum absolute atomic E-state index is 13.1. The van der Waals surface area contributed by atoms with Crippen LogP contribution in [0, 0.1) is 0 Å². The molecular formula is C15H13ClF3NS. The molecule has 6 heteroatoms. The van der Waals surface area contributed by atoms with Gasteiger partial charge in [0, 0.05) is 15.6 Å². The van der Waals surface area contributed by atoms with Crippen molar-refractivity contribution >= 4 is 28.6 Å². The van der Waals surface area contributed by atoms with Crippen molar-refractivity contribution in [1.82, 2.24) is 0 Å². The van der Waals surface area contributed by atoms with Crippen LogP contribution in [0.2, 0.25) is 5.02 Å². The Morgan fingerprint density at radius 1 is 1.24 bits per heavy atom. The highest BCUT2D eigenvalue weighted by atomic mass is 35.5. The van der Waals surface area contributed by atoms with Gasteiger partial charge >= 0.3 is 6.18 Å². The molecule has 21 heavy (non-hydrogen) atoms. The van der Waals surface area contributed by atoms with Gasteiger partial charge in [0.1, 0.15) is 0 Å². The Balaban J connectivity index is 1.93. The van der Waals surface area contributed by atoms with Crippen LogP contribution in [-0.4, -0.2) is 0 Å². The van der Waals surface area contributed by atoms with E-state index in [1.54, 1.807) is 11.3 Å². The molecule has 1 heterocycles. The number of thiophene rings is 1. The van der Waals surface area contributed by atoms with Gasteiger partial charge in [-0.3, -0.25) is 0 Å². The minimum Gasteiger partial charge on any atom is -0.378 e. The summed E-state index contributed by atoms with van der Waals surface area (Å²) in [6.45, 7) is 0. The molecule has 1 atom stereocenters. The van der Waals surface area contributed by atoms with Crippen LogP contribution < -0.4 is 5.32 Å². The van der Waals surface area contributed by atoms with Crippen molar-refractivity contribution < 1.29 is 13.2 Å². The second-order valence-electron chi connectivity index (χ2n) is 5.08. The molecule has 1 aromatic heterocycles. The Labute approximate surface area is 129 Å². The molecule has 0 amide bonds. The summed E-state index contributed by atoms with van der Waals surface area (Å²) in [5.41, 5.74) is 0.502. The van der Waals surface area contributed by atoms with E-state index < -0.39 is 11.7 Å². The molecule has 1 nitrogen and oxygen atoms in total. The third-order valence-electron chi connectivity index (χ3n) is 3.67. The highest BCUT2D eigenvalue weighted by Gasteiger charge is 2.34. The number of rotatable bonds is 2. The number of hydrogen-bond donors (Lipinski definition) is 1. The van der Waals surface area contributed by atoms with Crippen LogP contribution in [0.25, 0.3) is 0 Å². The molecule has 1 aliphatic carbocycles. The van der Waals surface area contributed by atoms with E-state index in [0.717, 1.165) is 30.9 Å². The van der Waals surface area contributed by atoms with Crippen LogP contribution in [0.5, 0.6) is 0 Å². The van der Waals surface area contributed by atoms with Crippen molar-refractivity contribution in [2.24, 2.45) is 0 Å². The van der Waals surface area contributed by atoms with Crippen LogP contribution in [-0.2, 0) is 12.6 Å². The topological polar surface area (TPSA) is 12.0 Å². The molecule has 0 fully saturated rings. The first-order valence-electron chi connectivity index (χ1n) is 6.64. The van der Waals surface area contributed by atoms with E-state index in [9.17, 15) is 13.2 Å². The van der Waals surface area contributed by atoms with Gasteiger partial charge in [-0.25, -0.2) is 0 Å². The zero-order valence-corrected chi connectivity index (χ0v) is 12.6. The first-order valence-corrected chi connectivity index (χ1v) is 7.90. The summed E-state index contributed by atoms with van der Waals surface area (Å²) in [6.07, 6.45) is -1.58. The van der Waals surface area contributed by atoms with Crippen LogP contribution in [0.15, 0.2) is 29.6 Å². The number of hydrogen-bond acceptors (Lipinski definition) is 2. The number of alkyl halides is 3. The van der Waals surface area contributed by atoms with E-state index in [4.69, 9.17) is 11.6 Å². The normalized spacial score (nSPS) is 18.4. The number of aryl methyl sites for hydroxylation is 1. The van der Waals surface area contributed by atoms with E-state index in [2.05, 4.69) is 5.32 Å². The Bertz CT molecular complexity index is 651. The molecule has 0 radical (unpaired) electrons. The van der Waals surface area contributed by atoms with Gasteiger partial charge in [0.15, 0.2) is 0 Å². The van der Waals surface area contributed by atoms with Crippen LogP contribution in [0.3, 0.4) is 0 Å². The summed E-state index contributed by atoms with van der Waals surface area (Å²) in [5, 5.41) is 5.14. The minimum atomic E-state index is -4.42. The number of fused-ring (bicyclic) bond motifs is 1. The lowest BCUT2D eigenvalue weighted by Crippen LogP contribution is -2.18. The molecule has 1 unspecified atom stereocenters.